The highest BCUT2D eigenvalue weighted by molar-refractivity contribution is 5.94. The summed E-state index contributed by atoms with van der Waals surface area (Å²) in [4.78, 5) is 32.6. The standard InChI is InChI=1S/C25H30N4O2/c1-18-11-13-20(14-12-18)25(31)26-19(2)24-27-21-9-5-6-10-22(21)29(24)17-23(30)28-15-7-3-4-8-16-28/h5-6,9-14,19H,3-4,7-8,15-17H2,1-2H3,(H,26,31). The van der Waals surface area contributed by atoms with Gasteiger partial charge in [0.1, 0.15) is 12.4 Å². The van der Waals surface area contributed by atoms with Crippen LogP contribution in [-0.2, 0) is 11.3 Å². The Hall–Kier alpha value is -3.15. The van der Waals surface area contributed by atoms with Gasteiger partial charge in [0.2, 0.25) is 5.91 Å². The summed E-state index contributed by atoms with van der Waals surface area (Å²) in [5.74, 6) is 0.665. The number of carbonyl (C=O) groups is 2. The molecule has 31 heavy (non-hydrogen) atoms. The molecule has 1 unspecified atom stereocenters. The normalized spacial score (nSPS) is 15.5. The fourth-order valence-electron chi connectivity index (χ4n) is 4.20. The maximum Gasteiger partial charge on any atom is 0.251 e. The molecule has 2 heterocycles. The number of carbonyl (C=O) groups excluding carboxylic acids is 2. The number of hydrogen-bond acceptors (Lipinski definition) is 3. The highest BCUT2D eigenvalue weighted by Crippen LogP contribution is 2.22. The Morgan fingerprint density at radius 2 is 1.68 bits per heavy atom. The van der Waals surface area contributed by atoms with Crippen LogP contribution in [0.15, 0.2) is 48.5 Å². The van der Waals surface area contributed by atoms with Crippen molar-refractivity contribution in [2.75, 3.05) is 13.1 Å². The molecule has 1 saturated heterocycles. The number of para-hydroxylation sites is 2. The third-order valence-electron chi connectivity index (χ3n) is 5.98. The number of aryl methyl sites for hydroxylation is 1. The molecule has 6 nitrogen and oxygen atoms in total. The number of nitrogens with zero attached hydrogens (tertiary/aromatic N) is 3. The Bertz CT molecular complexity index is 1060. The molecular formula is C25H30N4O2. The fourth-order valence-corrected chi connectivity index (χ4v) is 4.20. The molecule has 1 aromatic heterocycles. The molecule has 162 valence electrons. The van der Waals surface area contributed by atoms with Gasteiger partial charge in [-0.3, -0.25) is 9.59 Å². The first-order valence-corrected chi connectivity index (χ1v) is 11.1. The Kier molecular flexibility index (Phi) is 6.35. The lowest BCUT2D eigenvalue weighted by Gasteiger charge is -2.22. The predicted octanol–water partition coefficient (Wildman–Crippen LogP) is 4.24. The molecule has 1 N–H and O–H groups in total. The van der Waals surface area contributed by atoms with Crippen molar-refractivity contribution in [3.8, 4) is 0 Å². The van der Waals surface area contributed by atoms with E-state index in [-0.39, 0.29) is 24.4 Å². The smallest absolute Gasteiger partial charge is 0.251 e. The van der Waals surface area contributed by atoms with E-state index in [0.717, 1.165) is 42.5 Å². The largest absolute Gasteiger partial charge is 0.342 e. The minimum absolute atomic E-state index is 0.114. The van der Waals surface area contributed by atoms with Crippen LogP contribution in [0, 0.1) is 6.92 Å². The average Bonchev–Trinajstić information content (AvgIpc) is 2.94. The van der Waals surface area contributed by atoms with E-state index in [4.69, 9.17) is 4.98 Å². The molecule has 1 aliphatic rings. The highest BCUT2D eigenvalue weighted by atomic mass is 16.2. The monoisotopic (exact) mass is 418 g/mol. The minimum Gasteiger partial charge on any atom is -0.342 e. The number of nitrogens with one attached hydrogen (secondary N) is 1. The van der Waals surface area contributed by atoms with Gasteiger partial charge in [0.05, 0.1) is 17.1 Å². The van der Waals surface area contributed by atoms with Crippen molar-refractivity contribution in [3.05, 3.63) is 65.5 Å². The van der Waals surface area contributed by atoms with Crippen molar-refractivity contribution in [1.29, 1.82) is 0 Å². The first kappa shape index (κ1) is 21.1. The van der Waals surface area contributed by atoms with Crippen molar-refractivity contribution in [2.24, 2.45) is 0 Å². The molecule has 6 heteroatoms. The SMILES string of the molecule is Cc1ccc(C(=O)NC(C)c2nc3ccccc3n2CC(=O)N2CCCCCC2)cc1. The van der Waals surface area contributed by atoms with Crippen LogP contribution in [-0.4, -0.2) is 39.4 Å². The van der Waals surface area contributed by atoms with E-state index in [1.54, 1.807) is 0 Å². The van der Waals surface area contributed by atoms with Crippen LogP contribution < -0.4 is 5.32 Å². The molecule has 2 aromatic carbocycles. The van der Waals surface area contributed by atoms with Gasteiger partial charge in [-0.15, -0.1) is 0 Å². The summed E-state index contributed by atoms with van der Waals surface area (Å²) in [6.07, 6.45) is 4.49. The van der Waals surface area contributed by atoms with Gasteiger partial charge in [-0.25, -0.2) is 4.98 Å². The summed E-state index contributed by atoms with van der Waals surface area (Å²) in [6.45, 7) is 5.79. The van der Waals surface area contributed by atoms with Crippen LogP contribution >= 0.6 is 0 Å². The molecule has 2 amide bonds. The number of imidazole rings is 1. The van der Waals surface area contributed by atoms with Gasteiger partial charge in [-0.05, 0) is 51.0 Å². The number of benzene rings is 2. The summed E-state index contributed by atoms with van der Waals surface area (Å²) in [5, 5.41) is 3.05. The summed E-state index contributed by atoms with van der Waals surface area (Å²) in [5.41, 5.74) is 3.47. The van der Waals surface area contributed by atoms with Gasteiger partial charge >= 0.3 is 0 Å². The van der Waals surface area contributed by atoms with Crippen molar-refractivity contribution in [1.82, 2.24) is 19.8 Å². The molecule has 0 saturated carbocycles. The van der Waals surface area contributed by atoms with E-state index in [2.05, 4.69) is 5.32 Å². The van der Waals surface area contributed by atoms with Crippen LogP contribution in [0.1, 0.15) is 60.4 Å². The summed E-state index contributed by atoms with van der Waals surface area (Å²) in [6, 6.07) is 15.0. The zero-order valence-corrected chi connectivity index (χ0v) is 18.3. The fraction of sp³-hybridized carbons (Fsp3) is 0.400. The first-order valence-electron chi connectivity index (χ1n) is 11.1. The number of hydrogen-bond donors (Lipinski definition) is 1. The van der Waals surface area contributed by atoms with Gasteiger partial charge in [0.15, 0.2) is 0 Å². The molecule has 1 fully saturated rings. The second-order valence-corrected chi connectivity index (χ2v) is 8.40. The summed E-state index contributed by atoms with van der Waals surface area (Å²) >= 11 is 0. The van der Waals surface area contributed by atoms with E-state index in [1.807, 2.05) is 71.8 Å². The predicted molar refractivity (Wildman–Crippen MR) is 122 cm³/mol. The van der Waals surface area contributed by atoms with Gasteiger partial charge in [-0.2, -0.15) is 0 Å². The lowest BCUT2D eigenvalue weighted by molar-refractivity contribution is -0.131. The zero-order valence-electron chi connectivity index (χ0n) is 18.3. The second-order valence-electron chi connectivity index (χ2n) is 8.40. The zero-order chi connectivity index (χ0) is 21.8. The molecule has 0 radical (unpaired) electrons. The molecule has 0 bridgehead atoms. The molecule has 0 aliphatic carbocycles. The van der Waals surface area contributed by atoms with E-state index < -0.39 is 0 Å². The van der Waals surface area contributed by atoms with Crippen LogP contribution in [0.3, 0.4) is 0 Å². The lowest BCUT2D eigenvalue weighted by atomic mass is 10.1. The Morgan fingerprint density at radius 1 is 1.00 bits per heavy atom. The molecular weight excluding hydrogens is 388 g/mol. The Morgan fingerprint density at radius 3 is 2.39 bits per heavy atom. The quantitative estimate of drug-likeness (QED) is 0.674. The maximum atomic E-state index is 13.1. The molecule has 1 aliphatic heterocycles. The Labute approximate surface area is 183 Å². The molecule has 1 atom stereocenters. The summed E-state index contributed by atoms with van der Waals surface area (Å²) < 4.78 is 1.96. The van der Waals surface area contributed by atoms with Crippen LogP contribution in [0.25, 0.3) is 11.0 Å². The summed E-state index contributed by atoms with van der Waals surface area (Å²) in [7, 11) is 0. The number of rotatable bonds is 5. The Balaban J connectivity index is 1.58. The second kappa shape index (κ2) is 9.33. The van der Waals surface area contributed by atoms with E-state index >= 15 is 0 Å². The van der Waals surface area contributed by atoms with Crippen LogP contribution in [0.2, 0.25) is 0 Å². The number of fused-ring (bicyclic) bond motifs is 1. The van der Waals surface area contributed by atoms with Gasteiger partial charge in [-0.1, -0.05) is 42.7 Å². The van der Waals surface area contributed by atoms with Crippen molar-refractivity contribution >= 4 is 22.8 Å². The van der Waals surface area contributed by atoms with E-state index in [9.17, 15) is 9.59 Å². The maximum absolute atomic E-state index is 13.1. The minimum atomic E-state index is -0.335. The van der Waals surface area contributed by atoms with Gasteiger partial charge in [0.25, 0.3) is 5.91 Å². The van der Waals surface area contributed by atoms with Crippen LogP contribution in [0.4, 0.5) is 0 Å². The number of likely N-dealkylation sites (tertiary alicyclic amines) is 1. The molecule has 0 spiro atoms. The number of amides is 2. The van der Waals surface area contributed by atoms with Crippen molar-refractivity contribution < 1.29 is 9.59 Å². The van der Waals surface area contributed by atoms with Crippen molar-refractivity contribution in [2.45, 2.75) is 52.1 Å². The van der Waals surface area contributed by atoms with E-state index in [0.29, 0.717) is 11.4 Å². The first-order chi connectivity index (χ1) is 15.0. The topological polar surface area (TPSA) is 67.2 Å². The molecule has 3 aromatic rings. The highest BCUT2D eigenvalue weighted by Gasteiger charge is 2.23. The average molecular weight is 419 g/mol. The molecule has 4 rings (SSSR count). The number of aromatic nitrogens is 2. The van der Waals surface area contributed by atoms with Gasteiger partial charge in [0, 0.05) is 18.7 Å². The third-order valence-corrected chi connectivity index (χ3v) is 5.98. The van der Waals surface area contributed by atoms with Crippen LogP contribution in [0.5, 0.6) is 0 Å². The van der Waals surface area contributed by atoms with E-state index in [1.165, 1.54) is 12.8 Å². The van der Waals surface area contributed by atoms with Gasteiger partial charge < -0.3 is 14.8 Å². The van der Waals surface area contributed by atoms with Crippen molar-refractivity contribution in [3.63, 3.8) is 0 Å². The lowest BCUT2D eigenvalue weighted by Crippen LogP contribution is -2.36. The third kappa shape index (κ3) is 4.79.